The molecule has 8 nitrogen and oxygen atoms in total. The molecule has 0 radical (unpaired) electrons. The molecule has 0 amide bonds. The predicted molar refractivity (Wildman–Crippen MR) is 98.7 cm³/mol. The summed E-state index contributed by atoms with van der Waals surface area (Å²) in [5, 5.41) is 15.5. The van der Waals surface area contributed by atoms with Crippen LogP contribution in [0.15, 0.2) is 23.4 Å². The van der Waals surface area contributed by atoms with Crippen LogP contribution in [0.25, 0.3) is 0 Å². The Morgan fingerprint density at radius 1 is 1.52 bits per heavy atom. The zero-order chi connectivity index (χ0) is 18.8. The fourth-order valence-corrected chi connectivity index (χ4v) is 2.63. The first-order chi connectivity index (χ1) is 11.9. The van der Waals surface area contributed by atoms with Gasteiger partial charge in [-0.3, -0.25) is 9.78 Å². The standard InChI is InChI=1S/C10H14N2.C7H16N4O2/c1-8-2-3-9(7-12-8)10-4-5-11-6-10;1-4(2)5(7(12)13)3-6(10-8)11-9/h2-3,7,10-11H,4-6H2,1H3;4-5H,3,8-9H2,1-2H3,(H,10,11)(H,12,13). The highest BCUT2D eigenvalue weighted by atomic mass is 16.4. The number of rotatable bonds is 5. The molecule has 8 heteroatoms. The van der Waals surface area contributed by atoms with Gasteiger partial charge in [-0.15, -0.1) is 0 Å². The number of nitrogens with two attached hydrogens (primary N) is 2. The molecule has 0 aliphatic carbocycles. The number of hydrazone groups is 1. The van der Waals surface area contributed by atoms with Crippen molar-refractivity contribution in [3.63, 3.8) is 0 Å². The Kier molecular flexibility index (Phi) is 8.87. The van der Waals surface area contributed by atoms with Crippen molar-refractivity contribution in [3.05, 3.63) is 29.6 Å². The Morgan fingerprint density at radius 2 is 2.24 bits per heavy atom. The minimum absolute atomic E-state index is 0.0163. The second-order valence-corrected chi connectivity index (χ2v) is 6.54. The Bertz CT molecular complexity index is 553. The van der Waals surface area contributed by atoms with Crippen LogP contribution in [0.2, 0.25) is 0 Å². The lowest BCUT2D eigenvalue weighted by molar-refractivity contribution is -0.142. The van der Waals surface area contributed by atoms with Crippen LogP contribution in [0, 0.1) is 18.8 Å². The van der Waals surface area contributed by atoms with E-state index in [1.165, 1.54) is 12.0 Å². The first kappa shape index (κ1) is 20.9. The van der Waals surface area contributed by atoms with Crippen LogP contribution in [0.4, 0.5) is 0 Å². The number of nitrogens with one attached hydrogen (secondary N) is 2. The number of hydrazine groups is 1. The molecular formula is C17H30N6O2. The lowest BCUT2D eigenvalue weighted by atomic mass is 9.92. The van der Waals surface area contributed by atoms with Gasteiger partial charge in [0.1, 0.15) is 5.84 Å². The van der Waals surface area contributed by atoms with Gasteiger partial charge in [0.2, 0.25) is 0 Å². The van der Waals surface area contributed by atoms with E-state index in [2.05, 4.69) is 33.0 Å². The zero-order valence-corrected chi connectivity index (χ0v) is 15.2. The lowest BCUT2D eigenvalue weighted by Crippen LogP contribution is -2.35. The molecule has 2 atom stereocenters. The van der Waals surface area contributed by atoms with Gasteiger partial charge in [0.25, 0.3) is 0 Å². The molecule has 2 heterocycles. The maximum absolute atomic E-state index is 10.7. The largest absolute Gasteiger partial charge is 0.481 e. The van der Waals surface area contributed by atoms with Gasteiger partial charge in [0.05, 0.1) is 5.92 Å². The molecule has 2 unspecified atom stereocenters. The summed E-state index contributed by atoms with van der Waals surface area (Å²) in [6, 6.07) is 4.29. The van der Waals surface area contributed by atoms with Gasteiger partial charge in [-0.25, -0.2) is 5.84 Å². The van der Waals surface area contributed by atoms with Crippen LogP contribution >= 0.6 is 0 Å². The van der Waals surface area contributed by atoms with E-state index in [1.807, 2.05) is 27.0 Å². The van der Waals surface area contributed by atoms with Crippen LogP contribution < -0.4 is 22.4 Å². The van der Waals surface area contributed by atoms with E-state index >= 15 is 0 Å². The fourth-order valence-electron chi connectivity index (χ4n) is 2.63. The summed E-state index contributed by atoms with van der Waals surface area (Å²) >= 11 is 0. The summed E-state index contributed by atoms with van der Waals surface area (Å²) < 4.78 is 0. The molecule has 1 aromatic heterocycles. The maximum atomic E-state index is 10.7. The number of pyridine rings is 1. The molecule has 1 aliphatic rings. The normalized spacial score (nSPS) is 18.4. The van der Waals surface area contributed by atoms with E-state index in [4.69, 9.17) is 16.8 Å². The number of hydrogen-bond acceptors (Lipinski definition) is 6. The lowest BCUT2D eigenvalue weighted by Gasteiger charge is -2.16. The van der Waals surface area contributed by atoms with Crippen molar-refractivity contribution in [1.29, 1.82) is 0 Å². The minimum Gasteiger partial charge on any atom is -0.481 e. The molecule has 140 valence electrons. The first-order valence-electron chi connectivity index (χ1n) is 8.48. The smallest absolute Gasteiger partial charge is 0.307 e. The first-order valence-corrected chi connectivity index (χ1v) is 8.48. The summed E-state index contributed by atoms with van der Waals surface area (Å²) in [7, 11) is 0. The van der Waals surface area contributed by atoms with Crippen LogP contribution in [-0.4, -0.2) is 35.0 Å². The predicted octanol–water partition coefficient (Wildman–Crippen LogP) is 0.936. The molecule has 1 aliphatic heterocycles. The van der Waals surface area contributed by atoms with Gasteiger partial charge < -0.3 is 21.7 Å². The van der Waals surface area contributed by atoms with E-state index < -0.39 is 11.9 Å². The summed E-state index contributed by atoms with van der Waals surface area (Å²) in [6.45, 7) is 7.94. The number of carbonyl (C=O) groups is 1. The highest BCUT2D eigenvalue weighted by molar-refractivity contribution is 5.85. The third-order valence-corrected chi connectivity index (χ3v) is 4.32. The Morgan fingerprint density at radius 3 is 2.64 bits per heavy atom. The molecule has 1 saturated heterocycles. The average Bonchev–Trinajstić information content (AvgIpc) is 3.11. The summed E-state index contributed by atoms with van der Waals surface area (Å²) in [5.74, 6) is 9.68. The van der Waals surface area contributed by atoms with Crippen molar-refractivity contribution in [1.82, 2.24) is 15.7 Å². The number of hydrogen-bond donors (Lipinski definition) is 5. The molecule has 0 aromatic carbocycles. The molecule has 1 aromatic rings. The second kappa shape index (κ2) is 10.6. The van der Waals surface area contributed by atoms with Gasteiger partial charge in [-0.2, -0.15) is 5.10 Å². The monoisotopic (exact) mass is 350 g/mol. The van der Waals surface area contributed by atoms with Gasteiger partial charge in [0.15, 0.2) is 0 Å². The molecule has 0 bridgehead atoms. The molecule has 1 fully saturated rings. The maximum Gasteiger partial charge on any atom is 0.307 e. The molecule has 2 rings (SSSR count). The third-order valence-electron chi connectivity index (χ3n) is 4.32. The van der Waals surface area contributed by atoms with Crippen molar-refractivity contribution in [2.45, 2.75) is 39.5 Å². The van der Waals surface area contributed by atoms with E-state index in [1.54, 1.807) is 0 Å². The van der Waals surface area contributed by atoms with Crippen LogP contribution in [0.1, 0.15) is 43.9 Å². The van der Waals surface area contributed by atoms with Crippen LogP contribution in [0.5, 0.6) is 0 Å². The van der Waals surface area contributed by atoms with Gasteiger partial charge >= 0.3 is 5.97 Å². The number of aryl methyl sites for hydroxylation is 1. The second-order valence-electron chi connectivity index (χ2n) is 6.54. The Labute approximate surface area is 149 Å². The van der Waals surface area contributed by atoms with Crippen molar-refractivity contribution < 1.29 is 9.90 Å². The number of aromatic nitrogens is 1. The molecule has 7 N–H and O–H groups in total. The Hall–Kier alpha value is -2.19. The quantitative estimate of drug-likeness (QED) is 0.230. The van der Waals surface area contributed by atoms with Gasteiger partial charge in [-0.05, 0) is 43.4 Å². The van der Waals surface area contributed by atoms with E-state index in [-0.39, 0.29) is 12.3 Å². The number of aliphatic carboxylic acids is 1. The SMILES string of the molecule is CC(C)C(C/C(=N/N)NN)C(=O)O.Cc1ccc(C2CCNC2)cn1. The zero-order valence-electron chi connectivity index (χ0n) is 15.2. The van der Waals surface area contributed by atoms with E-state index in [0.717, 1.165) is 18.8 Å². The molecule has 0 saturated carbocycles. The fraction of sp³-hybridized carbons (Fsp3) is 0.588. The van der Waals surface area contributed by atoms with Crippen molar-refractivity contribution in [3.8, 4) is 0 Å². The Balaban J connectivity index is 0.000000250. The topological polar surface area (TPSA) is 139 Å². The number of nitrogens with zero attached hydrogens (tertiary/aromatic N) is 2. The van der Waals surface area contributed by atoms with E-state index in [0.29, 0.717) is 11.8 Å². The highest BCUT2D eigenvalue weighted by Crippen LogP contribution is 2.21. The van der Waals surface area contributed by atoms with Gasteiger partial charge in [0, 0.05) is 24.9 Å². The average molecular weight is 350 g/mol. The van der Waals surface area contributed by atoms with Crippen molar-refractivity contribution in [2.24, 2.45) is 28.6 Å². The molecule has 25 heavy (non-hydrogen) atoms. The van der Waals surface area contributed by atoms with Crippen LogP contribution in [0.3, 0.4) is 0 Å². The summed E-state index contributed by atoms with van der Waals surface area (Å²) in [4.78, 5) is 15.0. The minimum atomic E-state index is -0.869. The third kappa shape index (κ3) is 7.06. The number of carboxylic acid groups (broad SMARTS) is 1. The van der Waals surface area contributed by atoms with Crippen LogP contribution in [-0.2, 0) is 4.79 Å². The van der Waals surface area contributed by atoms with Gasteiger partial charge in [-0.1, -0.05) is 19.9 Å². The summed E-state index contributed by atoms with van der Waals surface area (Å²) in [6.07, 6.45) is 3.48. The highest BCUT2D eigenvalue weighted by Gasteiger charge is 2.23. The molecule has 0 spiro atoms. The molecular weight excluding hydrogens is 320 g/mol. The number of amidine groups is 1. The van der Waals surface area contributed by atoms with Crippen molar-refractivity contribution in [2.75, 3.05) is 13.1 Å². The van der Waals surface area contributed by atoms with E-state index in [9.17, 15) is 4.79 Å². The summed E-state index contributed by atoms with van der Waals surface area (Å²) in [5.41, 5.74) is 4.74. The number of carboxylic acids is 1. The van der Waals surface area contributed by atoms with Crippen molar-refractivity contribution >= 4 is 11.8 Å².